The van der Waals surface area contributed by atoms with E-state index in [-0.39, 0.29) is 24.5 Å². The lowest BCUT2D eigenvalue weighted by Gasteiger charge is -2.25. The van der Waals surface area contributed by atoms with E-state index in [0.717, 1.165) is 0 Å². The van der Waals surface area contributed by atoms with Crippen molar-refractivity contribution < 1.29 is 28.9 Å². The molecule has 0 spiro atoms. The summed E-state index contributed by atoms with van der Waals surface area (Å²) in [6.45, 7) is 2.87. The molecule has 2 aromatic carbocycles. The lowest BCUT2D eigenvalue weighted by atomic mass is 9.95. The van der Waals surface area contributed by atoms with E-state index in [1.165, 1.54) is 12.0 Å². The molecule has 30 heavy (non-hydrogen) atoms. The minimum absolute atomic E-state index is 0.0357. The first kappa shape index (κ1) is 21.4. The molecule has 0 aliphatic carbocycles. The molecule has 7 nitrogen and oxygen atoms in total. The Labute approximate surface area is 175 Å². The van der Waals surface area contributed by atoms with Crippen molar-refractivity contribution in [3.8, 4) is 11.5 Å². The first-order valence-electron chi connectivity index (χ1n) is 9.66. The van der Waals surface area contributed by atoms with Gasteiger partial charge in [-0.1, -0.05) is 12.1 Å². The van der Waals surface area contributed by atoms with Crippen LogP contribution in [0, 0.1) is 0 Å². The molecule has 1 atom stereocenters. The number of ketones is 1. The molecule has 0 saturated carbocycles. The standard InChI is InChI=1S/C23H25NO6/c1-4-30-17-10-8-15(9-11-17)21(25)19-20(16-6-5-7-18(14-16)29-3)24(12-13-28-2)23(27)22(19)26/h5-11,14,20,25H,4,12-13H2,1-3H3/b21-19-. The highest BCUT2D eigenvalue weighted by Gasteiger charge is 2.45. The highest BCUT2D eigenvalue weighted by Crippen LogP contribution is 2.40. The van der Waals surface area contributed by atoms with E-state index in [1.54, 1.807) is 55.6 Å². The predicted octanol–water partition coefficient (Wildman–Crippen LogP) is 3.16. The largest absolute Gasteiger partial charge is 0.507 e. The van der Waals surface area contributed by atoms with Crippen molar-refractivity contribution in [1.29, 1.82) is 0 Å². The summed E-state index contributed by atoms with van der Waals surface area (Å²) in [5.41, 5.74) is 1.13. The average Bonchev–Trinajstić information content (AvgIpc) is 3.02. The Morgan fingerprint density at radius 1 is 1.07 bits per heavy atom. The van der Waals surface area contributed by atoms with Crippen LogP contribution in [0.15, 0.2) is 54.1 Å². The van der Waals surface area contributed by atoms with Gasteiger partial charge in [0.1, 0.15) is 17.3 Å². The Morgan fingerprint density at radius 2 is 1.80 bits per heavy atom. The fraction of sp³-hybridized carbons (Fsp3) is 0.304. The van der Waals surface area contributed by atoms with Crippen molar-refractivity contribution in [3.05, 3.63) is 65.2 Å². The molecule has 158 valence electrons. The normalized spacial score (nSPS) is 18.0. The van der Waals surface area contributed by atoms with E-state index >= 15 is 0 Å². The number of carbonyl (C=O) groups is 2. The molecule has 1 aliphatic rings. The van der Waals surface area contributed by atoms with Crippen LogP contribution in [0.4, 0.5) is 0 Å². The summed E-state index contributed by atoms with van der Waals surface area (Å²) in [5.74, 6) is -0.397. The first-order valence-corrected chi connectivity index (χ1v) is 9.66. The Bertz CT molecular complexity index is 950. The maximum absolute atomic E-state index is 12.9. The molecule has 3 rings (SSSR count). The van der Waals surface area contributed by atoms with Gasteiger partial charge in [0.25, 0.3) is 11.7 Å². The molecule has 0 radical (unpaired) electrons. The van der Waals surface area contributed by atoms with Gasteiger partial charge in [0.15, 0.2) is 0 Å². The van der Waals surface area contributed by atoms with Gasteiger partial charge in [-0.2, -0.15) is 0 Å². The van der Waals surface area contributed by atoms with Crippen molar-refractivity contribution in [1.82, 2.24) is 4.90 Å². The Hall–Kier alpha value is -3.32. The molecular weight excluding hydrogens is 386 g/mol. The lowest BCUT2D eigenvalue weighted by Crippen LogP contribution is -2.32. The number of aliphatic hydroxyl groups excluding tert-OH is 1. The van der Waals surface area contributed by atoms with Crippen LogP contribution in [0.5, 0.6) is 11.5 Å². The van der Waals surface area contributed by atoms with Crippen molar-refractivity contribution in [2.24, 2.45) is 0 Å². The van der Waals surface area contributed by atoms with Gasteiger partial charge in [-0.15, -0.1) is 0 Å². The van der Waals surface area contributed by atoms with Crippen molar-refractivity contribution in [3.63, 3.8) is 0 Å². The summed E-state index contributed by atoms with van der Waals surface area (Å²) in [6, 6.07) is 13.1. The van der Waals surface area contributed by atoms with Crippen molar-refractivity contribution in [2.45, 2.75) is 13.0 Å². The Morgan fingerprint density at radius 3 is 2.43 bits per heavy atom. The second-order valence-corrected chi connectivity index (χ2v) is 6.72. The molecule has 1 fully saturated rings. The number of carbonyl (C=O) groups excluding carboxylic acids is 2. The van der Waals surface area contributed by atoms with Crippen molar-refractivity contribution >= 4 is 17.4 Å². The van der Waals surface area contributed by atoms with Gasteiger partial charge >= 0.3 is 0 Å². The summed E-state index contributed by atoms with van der Waals surface area (Å²) >= 11 is 0. The number of rotatable bonds is 8. The van der Waals surface area contributed by atoms with Crippen LogP contribution in [0.3, 0.4) is 0 Å². The van der Waals surface area contributed by atoms with Gasteiger partial charge in [0, 0.05) is 19.2 Å². The zero-order valence-corrected chi connectivity index (χ0v) is 17.3. The third kappa shape index (κ3) is 4.16. The fourth-order valence-corrected chi connectivity index (χ4v) is 3.49. The quantitative estimate of drug-likeness (QED) is 0.408. The van der Waals surface area contributed by atoms with E-state index in [4.69, 9.17) is 14.2 Å². The number of methoxy groups -OCH3 is 2. The minimum Gasteiger partial charge on any atom is -0.507 e. The van der Waals surface area contributed by atoms with Gasteiger partial charge in [-0.25, -0.2) is 0 Å². The number of Topliss-reactive ketones (excluding diaryl/α,β-unsaturated/α-hetero) is 1. The first-order chi connectivity index (χ1) is 14.5. The van der Waals surface area contributed by atoms with Gasteiger partial charge < -0.3 is 24.2 Å². The van der Waals surface area contributed by atoms with Crippen LogP contribution in [-0.2, 0) is 14.3 Å². The number of hydrogen-bond donors (Lipinski definition) is 1. The molecule has 7 heteroatoms. The highest BCUT2D eigenvalue weighted by molar-refractivity contribution is 6.46. The van der Waals surface area contributed by atoms with Crippen LogP contribution in [0.1, 0.15) is 24.1 Å². The third-order valence-corrected chi connectivity index (χ3v) is 4.92. The van der Waals surface area contributed by atoms with Crippen LogP contribution < -0.4 is 9.47 Å². The number of hydrogen-bond acceptors (Lipinski definition) is 6. The monoisotopic (exact) mass is 411 g/mol. The maximum Gasteiger partial charge on any atom is 0.295 e. The van der Waals surface area contributed by atoms with Crippen LogP contribution in [0.2, 0.25) is 0 Å². The minimum atomic E-state index is -0.748. The van der Waals surface area contributed by atoms with E-state index in [2.05, 4.69) is 0 Å². The molecule has 1 N–H and O–H groups in total. The van der Waals surface area contributed by atoms with Crippen LogP contribution in [-0.4, -0.2) is 55.7 Å². The number of amides is 1. The molecule has 1 heterocycles. The summed E-state index contributed by atoms with van der Waals surface area (Å²) in [4.78, 5) is 27.1. The lowest BCUT2D eigenvalue weighted by molar-refractivity contribution is -0.140. The maximum atomic E-state index is 12.9. The number of aliphatic hydroxyl groups is 1. The second-order valence-electron chi connectivity index (χ2n) is 6.72. The van der Waals surface area contributed by atoms with E-state index < -0.39 is 17.7 Å². The number of ether oxygens (including phenoxy) is 3. The zero-order valence-electron chi connectivity index (χ0n) is 17.3. The molecule has 2 aromatic rings. The predicted molar refractivity (Wildman–Crippen MR) is 111 cm³/mol. The Balaban J connectivity index is 2.11. The molecule has 1 saturated heterocycles. The molecule has 0 bridgehead atoms. The molecule has 1 aliphatic heterocycles. The van der Waals surface area contributed by atoms with E-state index in [9.17, 15) is 14.7 Å². The van der Waals surface area contributed by atoms with E-state index in [0.29, 0.717) is 29.2 Å². The average molecular weight is 411 g/mol. The smallest absolute Gasteiger partial charge is 0.295 e. The van der Waals surface area contributed by atoms with Gasteiger partial charge in [-0.05, 0) is 48.9 Å². The fourth-order valence-electron chi connectivity index (χ4n) is 3.49. The summed E-state index contributed by atoms with van der Waals surface area (Å²) in [5, 5.41) is 11.0. The summed E-state index contributed by atoms with van der Waals surface area (Å²) in [7, 11) is 3.07. The Kier molecular flexibility index (Phi) is 6.74. The summed E-state index contributed by atoms with van der Waals surface area (Å²) < 4.78 is 15.8. The zero-order chi connectivity index (χ0) is 21.7. The summed E-state index contributed by atoms with van der Waals surface area (Å²) in [6.07, 6.45) is 0. The van der Waals surface area contributed by atoms with Crippen molar-refractivity contribution in [2.75, 3.05) is 34.0 Å². The topological polar surface area (TPSA) is 85.3 Å². The molecular formula is C23H25NO6. The van der Waals surface area contributed by atoms with E-state index in [1.807, 2.05) is 6.92 Å². The second kappa shape index (κ2) is 9.45. The molecule has 1 unspecified atom stereocenters. The van der Waals surface area contributed by atoms with Crippen LogP contribution in [0.25, 0.3) is 5.76 Å². The third-order valence-electron chi connectivity index (χ3n) is 4.92. The molecule has 0 aromatic heterocycles. The SMILES string of the molecule is CCOc1ccc(/C(O)=C2/C(=O)C(=O)N(CCOC)C2c2cccc(OC)c2)cc1. The number of likely N-dealkylation sites (tertiary alicyclic amines) is 1. The van der Waals surface area contributed by atoms with Crippen LogP contribution >= 0.6 is 0 Å². The molecule has 1 amide bonds. The number of benzene rings is 2. The number of nitrogens with zero attached hydrogens (tertiary/aromatic N) is 1. The van der Waals surface area contributed by atoms with Gasteiger partial charge in [0.2, 0.25) is 0 Å². The van der Waals surface area contributed by atoms with Gasteiger partial charge in [-0.3, -0.25) is 9.59 Å². The highest BCUT2D eigenvalue weighted by atomic mass is 16.5. The van der Waals surface area contributed by atoms with Gasteiger partial charge in [0.05, 0.1) is 31.9 Å².